The average molecular weight is 1250 g/mol. The van der Waals surface area contributed by atoms with Crippen molar-refractivity contribution in [2.75, 3.05) is 0 Å². The highest BCUT2D eigenvalue weighted by atomic mass is 16.3. The third kappa shape index (κ3) is 8.33. The van der Waals surface area contributed by atoms with Crippen LogP contribution < -0.4 is 0 Å². The predicted octanol–water partition coefficient (Wildman–Crippen LogP) is 25.3. The van der Waals surface area contributed by atoms with E-state index in [1.165, 1.54) is 137 Å². The van der Waals surface area contributed by atoms with Crippen LogP contribution in [0.5, 0.6) is 0 Å². The molecule has 5 nitrogen and oxygen atoms in total. The maximum absolute atomic E-state index is 6.38. The number of nitrogens with zero attached hydrogens (tertiary/aromatic N) is 3. The van der Waals surface area contributed by atoms with E-state index in [2.05, 4.69) is 341 Å². The molecule has 456 valence electrons. The molecule has 16 aromatic carbocycles. The fourth-order valence-electron chi connectivity index (χ4n) is 16.4. The maximum atomic E-state index is 6.38. The molecule has 0 bridgehead atoms. The Morgan fingerprint density at radius 3 is 1.30 bits per heavy atom. The summed E-state index contributed by atoms with van der Waals surface area (Å²) in [6.45, 7) is 0. The van der Waals surface area contributed by atoms with Gasteiger partial charge in [0.15, 0.2) is 0 Å². The minimum Gasteiger partial charge on any atom is -0.456 e. The van der Waals surface area contributed by atoms with E-state index in [1.54, 1.807) is 0 Å². The molecule has 0 spiro atoms. The number of hydrogen-bond acceptors (Lipinski definition) is 2. The Bertz CT molecular complexity index is 6880. The van der Waals surface area contributed by atoms with Gasteiger partial charge in [0.05, 0.1) is 33.1 Å². The van der Waals surface area contributed by atoms with E-state index in [9.17, 15) is 0 Å². The molecule has 5 heterocycles. The second-order valence-corrected chi connectivity index (χ2v) is 26.3. The van der Waals surface area contributed by atoms with Gasteiger partial charge in [-0.2, -0.15) is 0 Å². The van der Waals surface area contributed by atoms with Gasteiger partial charge in [0, 0.05) is 82.9 Å². The van der Waals surface area contributed by atoms with Crippen molar-refractivity contribution in [2.45, 2.75) is 5.92 Å². The van der Waals surface area contributed by atoms with E-state index in [0.717, 1.165) is 60.8 Å². The van der Waals surface area contributed by atoms with Crippen molar-refractivity contribution in [3.05, 3.63) is 356 Å². The van der Waals surface area contributed by atoms with Crippen molar-refractivity contribution in [1.29, 1.82) is 0 Å². The van der Waals surface area contributed by atoms with E-state index < -0.39 is 0 Å². The summed E-state index contributed by atoms with van der Waals surface area (Å²) in [5.74, 6) is 0.211. The molecule has 1 aliphatic rings. The lowest BCUT2D eigenvalue weighted by Crippen LogP contribution is -1.99. The molecule has 98 heavy (non-hydrogen) atoms. The third-order valence-electron chi connectivity index (χ3n) is 20.9. The van der Waals surface area contributed by atoms with Gasteiger partial charge < -0.3 is 22.5 Å². The van der Waals surface area contributed by atoms with E-state index in [4.69, 9.17) is 8.83 Å². The smallest absolute Gasteiger partial charge is 0.137 e. The van der Waals surface area contributed by atoms with Crippen LogP contribution >= 0.6 is 0 Å². The molecule has 0 amide bonds. The van der Waals surface area contributed by atoms with E-state index in [-0.39, 0.29) is 5.92 Å². The highest BCUT2D eigenvalue weighted by molar-refractivity contribution is 6.20. The molecule has 1 unspecified atom stereocenters. The molecular weight excluding hydrogens is 1190 g/mol. The number of para-hydroxylation sites is 5. The first-order valence-corrected chi connectivity index (χ1v) is 33.7. The van der Waals surface area contributed by atoms with Crippen molar-refractivity contribution in [1.82, 2.24) is 13.7 Å². The first kappa shape index (κ1) is 54.4. The molecule has 5 aromatic heterocycles. The van der Waals surface area contributed by atoms with Gasteiger partial charge >= 0.3 is 0 Å². The molecule has 0 saturated carbocycles. The topological polar surface area (TPSA) is 41.1 Å². The van der Waals surface area contributed by atoms with E-state index in [1.807, 2.05) is 12.1 Å². The minimum absolute atomic E-state index is 0.211. The molecule has 0 fully saturated rings. The van der Waals surface area contributed by atoms with E-state index >= 15 is 0 Å². The summed E-state index contributed by atoms with van der Waals surface area (Å²) < 4.78 is 19.9. The SMILES string of the molecule is c1ccc(-n2c3ccc(-c4ccc5c(c4)-c4ccccc4C5c4ccc5ccccc5c4)cc3c3cc4oc5ccccc5c4cc32)cc1.c1ccc(-n2c3ccc(-c4ccc5c(c4)c4ccccc4n5-c4ccc5ccccc5c4)cc3c3cc4c(cc32)oc2ccccc24)cc1. The van der Waals surface area contributed by atoms with Crippen LogP contribution in [-0.4, -0.2) is 13.7 Å². The average Bonchev–Trinajstić information content (AvgIpc) is 1.59. The van der Waals surface area contributed by atoms with Crippen molar-refractivity contribution < 1.29 is 8.83 Å². The van der Waals surface area contributed by atoms with E-state index in [0.29, 0.717) is 0 Å². The van der Waals surface area contributed by atoms with Gasteiger partial charge in [-0.05, 0) is 187 Å². The van der Waals surface area contributed by atoms with Crippen LogP contribution in [-0.2, 0) is 0 Å². The summed E-state index contributed by atoms with van der Waals surface area (Å²) in [6, 6.07) is 123. The largest absolute Gasteiger partial charge is 0.456 e. The van der Waals surface area contributed by atoms with Crippen molar-refractivity contribution in [3.63, 3.8) is 0 Å². The Balaban J connectivity index is 0.000000129. The van der Waals surface area contributed by atoms with Crippen LogP contribution in [0.15, 0.2) is 349 Å². The summed E-state index contributed by atoms with van der Waals surface area (Å²) in [6.07, 6.45) is 0. The first-order valence-electron chi connectivity index (χ1n) is 33.7. The van der Waals surface area contributed by atoms with Gasteiger partial charge in [-0.15, -0.1) is 0 Å². The molecular formula is C93H57N3O2. The summed E-state index contributed by atoms with van der Waals surface area (Å²) >= 11 is 0. The number of rotatable bonds is 6. The quantitative estimate of drug-likeness (QED) is 0.166. The second kappa shape index (κ2) is 21.3. The van der Waals surface area contributed by atoms with Crippen molar-refractivity contribution >= 4 is 131 Å². The van der Waals surface area contributed by atoms with Crippen LogP contribution in [0.1, 0.15) is 22.6 Å². The Hall–Kier alpha value is -13.0. The molecule has 5 heteroatoms. The Morgan fingerprint density at radius 1 is 0.204 bits per heavy atom. The van der Waals surface area contributed by atoms with Crippen LogP contribution in [0.4, 0.5) is 0 Å². The fourth-order valence-corrected chi connectivity index (χ4v) is 16.4. The molecule has 1 aliphatic carbocycles. The van der Waals surface area contributed by atoms with Gasteiger partial charge in [-0.1, -0.05) is 218 Å². The van der Waals surface area contributed by atoms with Gasteiger partial charge in [0.2, 0.25) is 0 Å². The van der Waals surface area contributed by atoms with Gasteiger partial charge in [-0.3, -0.25) is 0 Å². The molecule has 0 saturated heterocycles. The zero-order chi connectivity index (χ0) is 64.1. The summed E-state index contributed by atoms with van der Waals surface area (Å²) in [7, 11) is 0. The van der Waals surface area contributed by atoms with Gasteiger partial charge in [-0.25, -0.2) is 0 Å². The highest BCUT2D eigenvalue weighted by Gasteiger charge is 2.31. The number of aromatic nitrogens is 3. The second-order valence-electron chi connectivity index (χ2n) is 26.3. The highest BCUT2D eigenvalue weighted by Crippen LogP contribution is 2.51. The normalized spacial score (nSPS) is 13.0. The zero-order valence-corrected chi connectivity index (χ0v) is 53.1. The fraction of sp³-hybridized carbons (Fsp3) is 0.0108. The van der Waals surface area contributed by atoms with Crippen LogP contribution in [0.3, 0.4) is 0 Å². The van der Waals surface area contributed by atoms with Crippen LogP contribution in [0.2, 0.25) is 0 Å². The lowest BCUT2D eigenvalue weighted by molar-refractivity contribution is 0.669. The molecule has 0 radical (unpaired) electrons. The first-order chi connectivity index (χ1) is 48.6. The van der Waals surface area contributed by atoms with Crippen LogP contribution in [0.25, 0.3) is 181 Å². The van der Waals surface area contributed by atoms with Gasteiger partial charge in [0.25, 0.3) is 0 Å². The number of furan rings is 2. The number of hydrogen-bond donors (Lipinski definition) is 0. The van der Waals surface area contributed by atoms with Crippen molar-refractivity contribution in [2.24, 2.45) is 0 Å². The predicted molar refractivity (Wildman–Crippen MR) is 409 cm³/mol. The third-order valence-corrected chi connectivity index (χ3v) is 20.9. The molecule has 1 atom stereocenters. The molecule has 0 aliphatic heterocycles. The van der Waals surface area contributed by atoms with Gasteiger partial charge in [0.1, 0.15) is 22.3 Å². The Kier molecular flexibility index (Phi) is 11.8. The monoisotopic (exact) mass is 1250 g/mol. The Labute approximate surface area is 562 Å². The standard InChI is InChI=1S/C47H29NO.C46H28N2O/c1-2-12-34(13-3-1)48-43-23-21-32(26-40(43)41-28-46-42(27-44(41)48)36-15-8-9-17-45(36)49-46)31-20-22-38-39(25-31)35-14-6-7-16-37(35)47(38)33-19-18-29-10-4-5-11-30(29)24-33;1-2-12-33(13-3-1)47-43-23-20-32(26-38(43)39-27-40-36-15-7-9-17-45(36)49-46(40)28-44(39)47)31-19-22-42-37(25-31)35-14-6-8-16-41(35)48(42)34-21-18-29-10-4-5-11-30(29)24-34/h1-28,47H;1-28H. The summed E-state index contributed by atoms with van der Waals surface area (Å²) in [4.78, 5) is 0. The Morgan fingerprint density at radius 2 is 0.643 bits per heavy atom. The zero-order valence-electron chi connectivity index (χ0n) is 53.1. The number of benzene rings is 16. The van der Waals surface area contributed by atoms with Crippen LogP contribution in [0, 0.1) is 0 Å². The molecule has 21 aromatic rings. The maximum Gasteiger partial charge on any atom is 0.137 e. The lowest BCUT2D eigenvalue weighted by Gasteiger charge is -2.16. The van der Waals surface area contributed by atoms with Crippen molar-refractivity contribution in [3.8, 4) is 50.4 Å². The summed E-state index contributed by atoms with van der Waals surface area (Å²) in [5, 5.41) is 17.0. The minimum atomic E-state index is 0.211. The molecule has 0 N–H and O–H groups in total. The summed E-state index contributed by atoms with van der Waals surface area (Å²) in [5.41, 5.74) is 25.8. The lowest BCUT2D eigenvalue weighted by atomic mass is 9.87. The number of fused-ring (bicyclic) bond motifs is 20. The molecule has 22 rings (SSSR count).